The predicted octanol–water partition coefficient (Wildman–Crippen LogP) is 1.86. The molecule has 0 aliphatic carbocycles. The maximum Gasteiger partial charge on any atom is 0.0593 e. The van der Waals surface area contributed by atoms with Crippen molar-refractivity contribution in [1.82, 2.24) is 4.90 Å². The van der Waals surface area contributed by atoms with Crippen molar-refractivity contribution >= 4 is 0 Å². The van der Waals surface area contributed by atoms with Gasteiger partial charge in [-0.3, -0.25) is 4.90 Å². The summed E-state index contributed by atoms with van der Waals surface area (Å²) in [4.78, 5) is 2.50. The molecule has 96 valence electrons. The van der Waals surface area contributed by atoms with Gasteiger partial charge in [0, 0.05) is 25.2 Å². The second-order valence-electron chi connectivity index (χ2n) is 5.46. The molecule has 16 heavy (non-hydrogen) atoms. The van der Waals surface area contributed by atoms with Crippen LogP contribution < -0.4 is 5.73 Å². The Labute approximate surface area is 100 Å². The van der Waals surface area contributed by atoms with E-state index >= 15 is 0 Å². The molecule has 0 saturated carbocycles. The van der Waals surface area contributed by atoms with Crippen molar-refractivity contribution in [3.8, 4) is 0 Å². The Morgan fingerprint density at radius 1 is 1.38 bits per heavy atom. The summed E-state index contributed by atoms with van der Waals surface area (Å²) in [5, 5.41) is 0. The van der Waals surface area contributed by atoms with Crippen LogP contribution in [0.4, 0.5) is 0 Å². The molecule has 1 aliphatic rings. The summed E-state index contributed by atoms with van der Waals surface area (Å²) >= 11 is 0. The molecule has 0 radical (unpaired) electrons. The fraction of sp³-hybridized carbons (Fsp3) is 1.00. The minimum atomic E-state index is 0.410. The fourth-order valence-corrected chi connectivity index (χ4v) is 2.19. The Hall–Kier alpha value is -0.120. The summed E-state index contributed by atoms with van der Waals surface area (Å²) in [6.07, 6.45) is 3.43. The number of nitrogens with zero attached hydrogens (tertiary/aromatic N) is 1. The number of piperidine rings is 1. The molecular formula is C13H28N2O. The van der Waals surface area contributed by atoms with Gasteiger partial charge < -0.3 is 10.5 Å². The molecule has 0 bridgehead atoms. The number of nitrogens with two attached hydrogens (primary N) is 1. The first kappa shape index (κ1) is 13.9. The van der Waals surface area contributed by atoms with Crippen molar-refractivity contribution < 1.29 is 4.74 Å². The highest BCUT2D eigenvalue weighted by Crippen LogP contribution is 2.15. The zero-order chi connectivity index (χ0) is 12.0. The Morgan fingerprint density at radius 2 is 2.12 bits per heavy atom. The Kier molecular flexibility index (Phi) is 6.32. The molecular weight excluding hydrogens is 200 g/mol. The number of likely N-dealkylation sites (tertiary alicyclic amines) is 1. The lowest BCUT2D eigenvalue weighted by atomic mass is 9.99. The maximum atomic E-state index is 5.94. The molecule has 3 nitrogen and oxygen atoms in total. The van der Waals surface area contributed by atoms with Crippen LogP contribution in [0, 0.1) is 5.92 Å². The third-order valence-electron chi connectivity index (χ3n) is 3.42. The normalized spacial score (nSPS) is 27.6. The van der Waals surface area contributed by atoms with Crippen molar-refractivity contribution in [3.63, 3.8) is 0 Å². The highest BCUT2D eigenvalue weighted by Gasteiger charge is 2.22. The van der Waals surface area contributed by atoms with Crippen LogP contribution in [0.5, 0.6) is 0 Å². The number of hydrogen-bond donors (Lipinski definition) is 1. The number of rotatable bonds is 6. The van der Waals surface area contributed by atoms with Crippen molar-refractivity contribution in [2.75, 3.05) is 26.3 Å². The molecule has 0 aromatic heterocycles. The average molecular weight is 228 g/mol. The van der Waals surface area contributed by atoms with Gasteiger partial charge in [0.15, 0.2) is 0 Å². The molecule has 1 rings (SSSR count). The lowest BCUT2D eigenvalue weighted by molar-refractivity contribution is 0.0681. The highest BCUT2D eigenvalue weighted by molar-refractivity contribution is 4.80. The van der Waals surface area contributed by atoms with Crippen LogP contribution >= 0.6 is 0 Å². The second kappa shape index (κ2) is 7.25. The third-order valence-corrected chi connectivity index (χ3v) is 3.42. The van der Waals surface area contributed by atoms with Gasteiger partial charge in [0.1, 0.15) is 0 Å². The molecule has 0 amide bonds. The zero-order valence-corrected chi connectivity index (χ0v) is 11.1. The van der Waals surface area contributed by atoms with E-state index in [9.17, 15) is 0 Å². The van der Waals surface area contributed by atoms with Gasteiger partial charge in [-0.05, 0) is 38.6 Å². The van der Waals surface area contributed by atoms with E-state index in [0.717, 1.165) is 45.1 Å². The highest BCUT2D eigenvalue weighted by atomic mass is 16.5. The van der Waals surface area contributed by atoms with Crippen molar-refractivity contribution in [1.29, 1.82) is 0 Å². The van der Waals surface area contributed by atoms with Crippen LogP contribution in [0.1, 0.15) is 40.0 Å². The summed E-state index contributed by atoms with van der Waals surface area (Å²) < 4.78 is 5.65. The van der Waals surface area contributed by atoms with E-state index in [-0.39, 0.29) is 0 Å². The van der Waals surface area contributed by atoms with Crippen LogP contribution in [0.3, 0.4) is 0 Å². The van der Waals surface area contributed by atoms with Gasteiger partial charge in [-0.25, -0.2) is 0 Å². The van der Waals surface area contributed by atoms with E-state index < -0.39 is 0 Å². The molecule has 0 spiro atoms. The van der Waals surface area contributed by atoms with Crippen LogP contribution in [-0.4, -0.2) is 43.3 Å². The van der Waals surface area contributed by atoms with Gasteiger partial charge in [0.25, 0.3) is 0 Å². The van der Waals surface area contributed by atoms with E-state index in [0.29, 0.717) is 12.1 Å². The van der Waals surface area contributed by atoms with E-state index in [1.807, 2.05) is 0 Å². The lowest BCUT2D eigenvalue weighted by Crippen LogP contribution is -2.46. The van der Waals surface area contributed by atoms with Crippen molar-refractivity contribution in [2.45, 2.75) is 52.1 Å². The summed E-state index contributed by atoms with van der Waals surface area (Å²) in [7, 11) is 0. The number of ether oxygens (including phenoxy) is 1. The van der Waals surface area contributed by atoms with Gasteiger partial charge in [-0.2, -0.15) is 0 Å². The molecule has 1 aliphatic heterocycles. The minimum Gasteiger partial charge on any atom is -0.380 e. The van der Waals surface area contributed by atoms with Crippen molar-refractivity contribution in [3.05, 3.63) is 0 Å². The second-order valence-corrected chi connectivity index (χ2v) is 5.46. The molecule has 1 fully saturated rings. The molecule has 2 N–H and O–H groups in total. The quantitative estimate of drug-likeness (QED) is 0.705. The van der Waals surface area contributed by atoms with Crippen LogP contribution in [-0.2, 0) is 4.74 Å². The first-order chi connectivity index (χ1) is 7.59. The summed E-state index contributed by atoms with van der Waals surface area (Å²) in [6, 6.07) is 1.03. The van der Waals surface area contributed by atoms with Gasteiger partial charge in [-0.1, -0.05) is 13.8 Å². The molecule has 0 aromatic carbocycles. The van der Waals surface area contributed by atoms with E-state index in [2.05, 4.69) is 25.7 Å². The minimum absolute atomic E-state index is 0.410. The largest absolute Gasteiger partial charge is 0.380 e. The SMILES string of the molecule is CC(C)CCOCCN1CCC(N)CC1C. The molecule has 1 saturated heterocycles. The molecule has 0 aromatic rings. The molecule has 2 unspecified atom stereocenters. The van der Waals surface area contributed by atoms with E-state index in [1.165, 1.54) is 6.42 Å². The molecule has 2 atom stereocenters. The smallest absolute Gasteiger partial charge is 0.0593 e. The van der Waals surface area contributed by atoms with E-state index in [1.54, 1.807) is 0 Å². The summed E-state index contributed by atoms with van der Waals surface area (Å²) in [6.45, 7) is 10.7. The fourth-order valence-electron chi connectivity index (χ4n) is 2.19. The molecule has 1 heterocycles. The van der Waals surface area contributed by atoms with Gasteiger partial charge >= 0.3 is 0 Å². The standard InChI is InChI=1S/C13H28N2O/c1-11(2)5-8-16-9-7-15-6-4-13(14)10-12(15)3/h11-13H,4-10,14H2,1-3H3. The van der Waals surface area contributed by atoms with Crippen LogP contribution in [0.15, 0.2) is 0 Å². The Morgan fingerprint density at radius 3 is 2.75 bits per heavy atom. The lowest BCUT2D eigenvalue weighted by Gasteiger charge is -2.36. The topological polar surface area (TPSA) is 38.5 Å². The van der Waals surface area contributed by atoms with Crippen molar-refractivity contribution in [2.24, 2.45) is 11.7 Å². The Bertz CT molecular complexity index is 185. The third kappa shape index (κ3) is 5.28. The first-order valence-corrected chi connectivity index (χ1v) is 6.67. The number of hydrogen-bond acceptors (Lipinski definition) is 3. The van der Waals surface area contributed by atoms with Gasteiger partial charge in [0.05, 0.1) is 6.61 Å². The van der Waals surface area contributed by atoms with Crippen LogP contribution in [0.2, 0.25) is 0 Å². The Balaban J connectivity index is 2.04. The van der Waals surface area contributed by atoms with E-state index in [4.69, 9.17) is 10.5 Å². The monoisotopic (exact) mass is 228 g/mol. The first-order valence-electron chi connectivity index (χ1n) is 6.67. The summed E-state index contributed by atoms with van der Waals surface area (Å²) in [5.74, 6) is 0.743. The van der Waals surface area contributed by atoms with Gasteiger partial charge in [-0.15, -0.1) is 0 Å². The maximum absolute atomic E-state index is 5.94. The zero-order valence-electron chi connectivity index (χ0n) is 11.1. The summed E-state index contributed by atoms with van der Waals surface area (Å²) in [5.41, 5.74) is 5.94. The van der Waals surface area contributed by atoms with Gasteiger partial charge in [0.2, 0.25) is 0 Å². The average Bonchev–Trinajstić information content (AvgIpc) is 2.20. The predicted molar refractivity (Wildman–Crippen MR) is 68.5 cm³/mol. The van der Waals surface area contributed by atoms with Crippen LogP contribution in [0.25, 0.3) is 0 Å². The molecule has 3 heteroatoms.